The van der Waals surface area contributed by atoms with E-state index >= 15 is 0 Å². The minimum Gasteiger partial charge on any atom is -0.490 e. The molecule has 0 saturated heterocycles. The molecule has 2 aromatic rings. The van der Waals surface area contributed by atoms with Gasteiger partial charge in [-0.05, 0) is 31.9 Å². The Bertz CT molecular complexity index is 717. The fourth-order valence-corrected chi connectivity index (χ4v) is 3.64. The maximum Gasteiger partial charge on any atom is 0.166 e. The van der Waals surface area contributed by atoms with Crippen molar-refractivity contribution in [2.24, 2.45) is 0 Å². The largest absolute Gasteiger partial charge is 0.490 e. The van der Waals surface area contributed by atoms with Crippen molar-refractivity contribution in [2.75, 3.05) is 6.61 Å². The molecule has 1 aliphatic rings. The summed E-state index contributed by atoms with van der Waals surface area (Å²) in [7, 11) is 0. The van der Waals surface area contributed by atoms with Crippen LogP contribution in [0, 0.1) is 5.82 Å². The molecule has 0 unspecified atom stereocenters. The lowest BCUT2D eigenvalue weighted by molar-refractivity contribution is 0.262. The normalized spacial score (nSPS) is 14.8. The first-order chi connectivity index (χ1) is 13.3. The third-order valence-electron chi connectivity index (χ3n) is 5.13. The molecule has 1 saturated carbocycles. The molecule has 2 aromatic carbocycles. The topological polar surface area (TPSA) is 30.5 Å². The van der Waals surface area contributed by atoms with Gasteiger partial charge < -0.3 is 14.8 Å². The molecule has 154 valence electrons. The average molecular weight is 408 g/mol. The van der Waals surface area contributed by atoms with Crippen LogP contribution >= 0.6 is 12.4 Å². The summed E-state index contributed by atoms with van der Waals surface area (Å²) in [5.74, 6) is 1.18. The molecule has 28 heavy (non-hydrogen) atoms. The van der Waals surface area contributed by atoms with Crippen LogP contribution in [0.5, 0.6) is 11.5 Å². The van der Waals surface area contributed by atoms with Crippen molar-refractivity contribution in [3.05, 3.63) is 59.4 Å². The van der Waals surface area contributed by atoms with Crippen molar-refractivity contribution in [3.63, 3.8) is 0 Å². The van der Waals surface area contributed by atoms with Crippen LogP contribution in [-0.2, 0) is 13.2 Å². The zero-order valence-corrected chi connectivity index (χ0v) is 17.4. The van der Waals surface area contributed by atoms with Crippen molar-refractivity contribution >= 4 is 12.4 Å². The second kappa shape index (κ2) is 11.9. The van der Waals surface area contributed by atoms with E-state index in [2.05, 4.69) is 11.4 Å². The Balaban J connectivity index is 0.00000280. The molecule has 0 heterocycles. The van der Waals surface area contributed by atoms with Gasteiger partial charge in [0.1, 0.15) is 12.4 Å². The fraction of sp³-hybridized carbons (Fsp3) is 0.478. The standard InChI is InChI=1S/C23H30FNO2.ClH/c1-2-26-22-15-9-11-18(16-25-20-12-5-3-4-6-13-20)23(22)27-17-19-10-7-8-14-21(19)24;/h7-11,14-15,20,25H,2-6,12-13,16-17H2,1H3;1H. The van der Waals surface area contributed by atoms with E-state index in [4.69, 9.17) is 9.47 Å². The molecule has 0 bridgehead atoms. The second-order valence-corrected chi connectivity index (χ2v) is 7.13. The Morgan fingerprint density at radius 2 is 1.64 bits per heavy atom. The van der Waals surface area contributed by atoms with Crippen LogP contribution in [0.25, 0.3) is 0 Å². The Labute approximate surface area is 174 Å². The number of halogens is 2. The maximum atomic E-state index is 13.9. The molecule has 0 atom stereocenters. The molecule has 5 heteroatoms. The highest BCUT2D eigenvalue weighted by atomic mass is 35.5. The van der Waals surface area contributed by atoms with Crippen molar-refractivity contribution in [1.29, 1.82) is 0 Å². The van der Waals surface area contributed by atoms with E-state index in [1.807, 2.05) is 25.1 Å². The molecule has 1 N–H and O–H groups in total. The molecule has 0 radical (unpaired) electrons. The van der Waals surface area contributed by atoms with Gasteiger partial charge in [0.05, 0.1) is 6.61 Å². The monoisotopic (exact) mass is 407 g/mol. The fourth-order valence-electron chi connectivity index (χ4n) is 3.64. The highest BCUT2D eigenvalue weighted by Gasteiger charge is 2.16. The average Bonchev–Trinajstić information content (AvgIpc) is 2.96. The number of ether oxygens (including phenoxy) is 2. The number of rotatable bonds is 8. The molecule has 3 nitrogen and oxygen atoms in total. The van der Waals surface area contributed by atoms with Gasteiger partial charge in [-0.3, -0.25) is 0 Å². The van der Waals surface area contributed by atoms with Crippen LogP contribution < -0.4 is 14.8 Å². The number of hydrogen-bond donors (Lipinski definition) is 1. The van der Waals surface area contributed by atoms with Crippen molar-refractivity contribution in [3.8, 4) is 11.5 Å². The number of hydrogen-bond acceptors (Lipinski definition) is 3. The van der Waals surface area contributed by atoms with Crippen molar-refractivity contribution in [2.45, 2.75) is 64.6 Å². The highest BCUT2D eigenvalue weighted by molar-refractivity contribution is 5.85. The Hall–Kier alpha value is -1.78. The second-order valence-electron chi connectivity index (χ2n) is 7.13. The predicted octanol–water partition coefficient (Wildman–Crippen LogP) is 6.04. The van der Waals surface area contributed by atoms with Crippen molar-refractivity contribution in [1.82, 2.24) is 5.32 Å². The minimum absolute atomic E-state index is 0. The van der Waals surface area contributed by atoms with E-state index in [9.17, 15) is 4.39 Å². The molecule has 0 aliphatic heterocycles. The zero-order valence-electron chi connectivity index (χ0n) is 16.6. The van der Waals surface area contributed by atoms with Gasteiger partial charge in [-0.1, -0.05) is 56.0 Å². The van der Waals surface area contributed by atoms with Crippen molar-refractivity contribution < 1.29 is 13.9 Å². The summed E-state index contributed by atoms with van der Waals surface area (Å²) in [5.41, 5.74) is 1.60. The molecule has 0 spiro atoms. The summed E-state index contributed by atoms with van der Waals surface area (Å²) in [6, 6.07) is 13.2. The van der Waals surface area contributed by atoms with Crippen LogP contribution in [0.3, 0.4) is 0 Å². The predicted molar refractivity (Wildman–Crippen MR) is 114 cm³/mol. The van der Waals surface area contributed by atoms with E-state index in [-0.39, 0.29) is 24.8 Å². The van der Waals surface area contributed by atoms with Gasteiger partial charge in [-0.2, -0.15) is 0 Å². The minimum atomic E-state index is -0.246. The van der Waals surface area contributed by atoms with E-state index in [1.54, 1.807) is 12.1 Å². The highest BCUT2D eigenvalue weighted by Crippen LogP contribution is 2.32. The van der Waals surface area contributed by atoms with Gasteiger partial charge in [0.25, 0.3) is 0 Å². The molecular formula is C23H31ClFNO2. The van der Waals surface area contributed by atoms with Gasteiger partial charge in [0.15, 0.2) is 11.5 Å². The van der Waals surface area contributed by atoms with Gasteiger partial charge >= 0.3 is 0 Å². The first-order valence-electron chi connectivity index (χ1n) is 10.1. The van der Waals surface area contributed by atoms with E-state index in [1.165, 1.54) is 44.6 Å². The molecule has 3 rings (SSSR count). The van der Waals surface area contributed by atoms with Crippen LogP contribution in [0.1, 0.15) is 56.6 Å². The lowest BCUT2D eigenvalue weighted by Crippen LogP contribution is -2.28. The first kappa shape index (κ1) is 22.5. The van der Waals surface area contributed by atoms with Gasteiger partial charge in [0, 0.05) is 23.7 Å². The number of benzene rings is 2. The van der Waals surface area contributed by atoms with Gasteiger partial charge in [-0.25, -0.2) is 4.39 Å². The third kappa shape index (κ3) is 6.39. The summed E-state index contributed by atoms with van der Waals surface area (Å²) in [5, 5.41) is 3.69. The van der Waals surface area contributed by atoms with Crippen LogP contribution in [0.2, 0.25) is 0 Å². The summed E-state index contributed by atoms with van der Waals surface area (Å²) in [6.07, 6.45) is 7.75. The molecule has 1 fully saturated rings. The number of para-hydroxylation sites is 1. The van der Waals surface area contributed by atoms with Crippen LogP contribution in [-0.4, -0.2) is 12.6 Å². The molecule has 0 aromatic heterocycles. The SMILES string of the molecule is CCOc1cccc(CNC2CCCCCC2)c1OCc1ccccc1F.Cl. The zero-order chi connectivity index (χ0) is 18.9. The summed E-state index contributed by atoms with van der Waals surface area (Å²) in [4.78, 5) is 0. The number of nitrogens with one attached hydrogen (secondary N) is 1. The third-order valence-corrected chi connectivity index (χ3v) is 5.13. The Kier molecular flexibility index (Phi) is 9.59. The summed E-state index contributed by atoms with van der Waals surface area (Å²) < 4.78 is 25.8. The first-order valence-corrected chi connectivity index (χ1v) is 10.1. The molecule has 0 amide bonds. The van der Waals surface area contributed by atoms with E-state index in [0.717, 1.165) is 12.1 Å². The van der Waals surface area contributed by atoms with Crippen LogP contribution in [0.15, 0.2) is 42.5 Å². The smallest absolute Gasteiger partial charge is 0.166 e. The molecule has 1 aliphatic carbocycles. The summed E-state index contributed by atoms with van der Waals surface area (Å²) >= 11 is 0. The lowest BCUT2D eigenvalue weighted by atomic mass is 10.1. The summed E-state index contributed by atoms with van der Waals surface area (Å²) in [6.45, 7) is 3.44. The van der Waals surface area contributed by atoms with E-state index in [0.29, 0.717) is 29.7 Å². The van der Waals surface area contributed by atoms with Crippen LogP contribution in [0.4, 0.5) is 4.39 Å². The van der Waals surface area contributed by atoms with E-state index < -0.39 is 0 Å². The quantitative estimate of drug-likeness (QED) is 0.541. The maximum absolute atomic E-state index is 13.9. The lowest BCUT2D eigenvalue weighted by Gasteiger charge is -2.20. The Morgan fingerprint density at radius 3 is 2.36 bits per heavy atom. The molecular weight excluding hydrogens is 377 g/mol. The van der Waals surface area contributed by atoms with Gasteiger partial charge in [-0.15, -0.1) is 12.4 Å². The Morgan fingerprint density at radius 1 is 0.929 bits per heavy atom. The van der Waals surface area contributed by atoms with Gasteiger partial charge in [0.2, 0.25) is 0 Å².